The molecule has 0 aromatic carbocycles. The first-order chi connectivity index (χ1) is 8.22. The molecule has 0 radical (unpaired) electrons. The molecule has 2 N–H and O–H groups in total. The van der Waals surface area contributed by atoms with Gasteiger partial charge in [-0.05, 0) is 26.8 Å². The SMILES string of the molecule is CNCc1c(C)nc(C2CCCCC2)[nH]c1=O. The van der Waals surface area contributed by atoms with Crippen LogP contribution >= 0.6 is 0 Å². The van der Waals surface area contributed by atoms with Crippen LogP contribution in [0.3, 0.4) is 0 Å². The zero-order chi connectivity index (χ0) is 12.3. The van der Waals surface area contributed by atoms with Crippen LogP contribution in [-0.4, -0.2) is 17.0 Å². The van der Waals surface area contributed by atoms with Gasteiger partial charge < -0.3 is 10.3 Å². The van der Waals surface area contributed by atoms with Gasteiger partial charge in [-0.15, -0.1) is 0 Å². The van der Waals surface area contributed by atoms with E-state index in [1.807, 2.05) is 14.0 Å². The average molecular weight is 235 g/mol. The van der Waals surface area contributed by atoms with Gasteiger partial charge in [-0.1, -0.05) is 19.3 Å². The number of hydrogen-bond donors (Lipinski definition) is 2. The van der Waals surface area contributed by atoms with Crippen LogP contribution < -0.4 is 10.9 Å². The van der Waals surface area contributed by atoms with E-state index in [9.17, 15) is 4.79 Å². The average Bonchev–Trinajstić information content (AvgIpc) is 2.35. The highest BCUT2D eigenvalue weighted by molar-refractivity contribution is 5.17. The smallest absolute Gasteiger partial charge is 0.255 e. The van der Waals surface area contributed by atoms with Crippen molar-refractivity contribution >= 4 is 0 Å². The van der Waals surface area contributed by atoms with E-state index in [4.69, 9.17) is 0 Å². The Labute approximate surface area is 102 Å². The van der Waals surface area contributed by atoms with Crippen molar-refractivity contribution in [3.63, 3.8) is 0 Å². The monoisotopic (exact) mass is 235 g/mol. The van der Waals surface area contributed by atoms with E-state index >= 15 is 0 Å². The molecule has 1 aliphatic carbocycles. The van der Waals surface area contributed by atoms with Crippen molar-refractivity contribution in [3.05, 3.63) is 27.4 Å². The van der Waals surface area contributed by atoms with Crippen LogP contribution in [0.5, 0.6) is 0 Å². The summed E-state index contributed by atoms with van der Waals surface area (Å²) in [7, 11) is 1.84. The highest BCUT2D eigenvalue weighted by atomic mass is 16.1. The Balaban J connectivity index is 2.27. The molecule has 4 nitrogen and oxygen atoms in total. The summed E-state index contributed by atoms with van der Waals surface area (Å²) >= 11 is 0. The molecule has 1 aromatic heterocycles. The fraction of sp³-hybridized carbons (Fsp3) is 0.692. The standard InChI is InChI=1S/C13H21N3O/c1-9-11(8-14-2)13(17)16-12(15-9)10-6-4-3-5-7-10/h10,14H,3-8H2,1-2H3,(H,15,16,17). The van der Waals surface area contributed by atoms with Gasteiger partial charge in [0.15, 0.2) is 0 Å². The third-order valence-electron chi connectivity index (χ3n) is 3.59. The van der Waals surface area contributed by atoms with Gasteiger partial charge in [0.1, 0.15) is 5.82 Å². The van der Waals surface area contributed by atoms with Gasteiger partial charge in [-0.25, -0.2) is 4.98 Å². The third-order valence-corrected chi connectivity index (χ3v) is 3.59. The van der Waals surface area contributed by atoms with Gasteiger partial charge in [0, 0.05) is 18.2 Å². The van der Waals surface area contributed by atoms with Gasteiger partial charge in [-0.2, -0.15) is 0 Å². The van der Waals surface area contributed by atoms with Crippen molar-refractivity contribution in [1.29, 1.82) is 0 Å². The summed E-state index contributed by atoms with van der Waals surface area (Å²) in [6.07, 6.45) is 6.15. The second kappa shape index (κ2) is 5.45. The van der Waals surface area contributed by atoms with Crippen LogP contribution in [0.15, 0.2) is 4.79 Å². The summed E-state index contributed by atoms with van der Waals surface area (Å²) < 4.78 is 0. The van der Waals surface area contributed by atoms with Crippen LogP contribution in [0.1, 0.15) is 55.1 Å². The molecule has 0 amide bonds. The second-order valence-electron chi connectivity index (χ2n) is 4.88. The fourth-order valence-electron chi connectivity index (χ4n) is 2.59. The lowest BCUT2D eigenvalue weighted by molar-refractivity contribution is 0.426. The third kappa shape index (κ3) is 2.75. The van der Waals surface area contributed by atoms with Gasteiger partial charge in [0.2, 0.25) is 0 Å². The fourth-order valence-corrected chi connectivity index (χ4v) is 2.59. The number of nitrogens with one attached hydrogen (secondary N) is 2. The zero-order valence-corrected chi connectivity index (χ0v) is 10.7. The molecule has 1 fully saturated rings. The number of aromatic amines is 1. The minimum Gasteiger partial charge on any atom is -0.315 e. The minimum atomic E-state index is 0.0208. The number of aryl methyl sites for hydroxylation is 1. The Morgan fingerprint density at radius 3 is 2.65 bits per heavy atom. The predicted molar refractivity (Wildman–Crippen MR) is 68.2 cm³/mol. The molecule has 0 unspecified atom stereocenters. The van der Waals surface area contributed by atoms with E-state index < -0.39 is 0 Å². The first-order valence-corrected chi connectivity index (χ1v) is 6.46. The molecule has 4 heteroatoms. The summed E-state index contributed by atoms with van der Waals surface area (Å²) in [6.45, 7) is 2.51. The highest BCUT2D eigenvalue weighted by Crippen LogP contribution is 2.30. The van der Waals surface area contributed by atoms with Crippen LogP contribution in [0.2, 0.25) is 0 Å². The van der Waals surface area contributed by atoms with E-state index in [-0.39, 0.29) is 5.56 Å². The van der Waals surface area contributed by atoms with Gasteiger partial charge in [0.05, 0.1) is 5.56 Å². The Morgan fingerprint density at radius 1 is 1.35 bits per heavy atom. The second-order valence-corrected chi connectivity index (χ2v) is 4.88. The molecular formula is C13H21N3O. The van der Waals surface area contributed by atoms with E-state index in [1.54, 1.807) is 0 Å². The molecule has 94 valence electrons. The van der Waals surface area contributed by atoms with Gasteiger partial charge in [-0.3, -0.25) is 4.79 Å². The largest absolute Gasteiger partial charge is 0.315 e. The first kappa shape index (κ1) is 12.3. The maximum atomic E-state index is 12.0. The van der Waals surface area contributed by atoms with Crippen molar-refractivity contribution in [2.24, 2.45) is 0 Å². The maximum absolute atomic E-state index is 12.0. The Kier molecular flexibility index (Phi) is 3.94. The van der Waals surface area contributed by atoms with E-state index in [0.717, 1.165) is 29.9 Å². The van der Waals surface area contributed by atoms with Crippen LogP contribution in [0.4, 0.5) is 0 Å². The number of nitrogens with zero attached hydrogens (tertiary/aromatic N) is 1. The molecule has 0 bridgehead atoms. The molecule has 0 aliphatic heterocycles. The molecule has 1 saturated carbocycles. The zero-order valence-electron chi connectivity index (χ0n) is 10.7. The summed E-state index contributed by atoms with van der Waals surface area (Å²) in [6, 6.07) is 0. The molecule has 17 heavy (non-hydrogen) atoms. The number of H-pyrrole nitrogens is 1. The Bertz CT molecular complexity index is 433. The van der Waals surface area contributed by atoms with Crippen LogP contribution in [-0.2, 0) is 6.54 Å². The minimum absolute atomic E-state index is 0.0208. The van der Waals surface area contributed by atoms with E-state index in [0.29, 0.717) is 12.5 Å². The normalized spacial score (nSPS) is 17.3. The molecule has 0 atom stereocenters. The van der Waals surface area contributed by atoms with Gasteiger partial charge in [0.25, 0.3) is 5.56 Å². The molecule has 1 aliphatic rings. The van der Waals surface area contributed by atoms with Crippen molar-refractivity contribution < 1.29 is 0 Å². The number of aromatic nitrogens is 2. The molecular weight excluding hydrogens is 214 g/mol. The molecule has 1 aromatic rings. The van der Waals surface area contributed by atoms with E-state index in [1.165, 1.54) is 19.3 Å². The summed E-state index contributed by atoms with van der Waals surface area (Å²) in [5.74, 6) is 1.35. The highest BCUT2D eigenvalue weighted by Gasteiger charge is 2.19. The predicted octanol–water partition coefficient (Wildman–Crippen LogP) is 1.85. The number of hydrogen-bond acceptors (Lipinski definition) is 3. The van der Waals surface area contributed by atoms with Crippen LogP contribution in [0, 0.1) is 6.92 Å². The molecule has 0 spiro atoms. The Hall–Kier alpha value is -1.16. The summed E-state index contributed by atoms with van der Waals surface area (Å²) in [5.41, 5.74) is 1.64. The lowest BCUT2D eigenvalue weighted by Gasteiger charge is -2.21. The van der Waals surface area contributed by atoms with Crippen molar-refractivity contribution in [3.8, 4) is 0 Å². The van der Waals surface area contributed by atoms with Crippen LogP contribution in [0.25, 0.3) is 0 Å². The summed E-state index contributed by atoms with van der Waals surface area (Å²) in [4.78, 5) is 19.5. The quantitative estimate of drug-likeness (QED) is 0.840. The molecule has 0 saturated heterocycles. The summed E-state index contributed by atoms with van der Waals surface area (Å²) in [5, 5.41) is 3.00. The molecule has 2 rings (SSSR count). The molecule has 1 heterocycles. The van der Waals surface area contributed by atoms with Crippen molar-refractivity contribution in [2.45, 2.75) is 51.5 Å². The van der Waals surface area contributed by atoms with Crippen molar-refractivity contribution in [1.82, 2.24) is 15.3 Å². The lowest BCUT2D eigenvalue weighted by Crippen LogP contribution is -2.24. The number of rotatable bonds is 3. The van der Waals surface area contributed by atoms with Gasteiger partial charge >= 0.3 is 0 Å². The maximum Gasteiger partial charge on any atom is 0.255 e. The van der Waals surface area contributed by atoms with Crippen molar-refractivity contribution in [2.75, 3.05) is 7.05 Å². The van der Waals surface area contributed by atoms with E-state index in [2.05, 4.69) is 15.3 Å². The Morgan fingerprint density at radius 2 is 2.06 bits per heavy atom. The topological polar surface area (TPSA) is 57.8 Å². The lowest BCUT2D eigenvalue weighted by atomic mass is 9.88. The first-order valence-electron chi connectivity index (χ1n) is 6.46.